The summed E-state index contributed by atoms with van der Waals surface area (Å²) in [6.45, 7) is 0. The van der Waals surface area contributed by atoms with Crippen molar-refractivity contribution in [3.63, 3.8) is 0 Å². The van der Waals surface area contributed by atoms with Gasteiger partial charge >= 0.3 is 0 Å². The molecular formula is C22H15FN2O2. The van der Waals surface area contributed by atoms with Gasteiger partial charge in [-0.15, -0.1) is 0 Å². The van der Waals surface area contributed by atoms with E-state index in [1.165, 1.54) is 16.7 Å². The van der Waals surface area contributed by atoms with E-state index in [-0.39, 0.29) is 17.1 Å². The molecule has 0 spiro atoms. The minimum Gasteiger partial charge on any atom is -0.506 e. The van der Waals surface area contributed by atoms with Gasteiger partial charge in [0.05, 0.1) is 16.6 Å². The Balaban J connectivity index is 1.99. The van der Waals surface area contributed by atoms with E-state index in [0.717, 1.165) is 0 Å². The second-order valence-corrected chi connectivity index (χ2v) is 5.97. The van der Waals surface area contributed by atoms with E-state index >= 15 is 0 Å². The molecule has 0 amide bonds. The van der Waals surface area contributed by atoms with Gasteiger partial charge in [-0.25, -0.2) is 9.37 Å². The van der Waals surface area contributed by atoms with Crippen LogP contribution in [0.5, 0.6) is 5.75 Å². The Morgan fingerprint density at radius 3 is 2.41 bits per heavy atom. The van der Waals surface area contributed by atoms with Crippen LogP contribution in [-0.2, 0) is 0 Å². The molecule has 27 heavy (non-hydrogen) atoms. The van der Waals surface area contributed by atoms with E-state index in [9.17, 15) is 14.3 Å². The van der Waals surface area contributed by atoms with Crippen molar-refractivity contribution in [2.45, 2.75) is 0 Å². The molecule has 4 rings (SSSR count). The number of rotatable bonds is 3. The van der Waals surface area contributed by atoms with Gasteiger partial charge in [-0.05, 0) is 42.5 Å². The summed E-state index contributed by atoms with van der Waals surface area (Å²) in [5.41, 5.74) is 0.912. The number of hydrogen-bond acceptors (Lipinski definition) is 3. The van der Waals surface area contributed by atoms with Gasteiger partial charge in [0, 0.05) is 5.56 Å². The van der Waals surface area contributed by atoms with E-state index in [0.29, 0.717) is 28.0 Å². The zero-order chi connectivity index (χ0) is 18.8. The molecule has 3 aromatic carbocycles. The Labute approximate surface area is 154 Å². The van der Waals surface area contributed by atoms with E-state index < -0.39 is 0 Å². The normalized spacial score (nSPS) is 11.3. The van der Waals surface area contributed by atoms with E-state index in [4.69, 9.17) is 0 Å². The van der Waals surface area contributed by atoms with Gasteiger partial charge < -0.3 is 5.11 Å². The highest BCUT2D eigenvalue weighted by Gasteiger charge is 2.13. The summed E-state index contributed by atoms with van der Waals surface area (Å²) in [5.74, 6) is -0.119. The quantitative estimate of drug-likeness (QED) is 0.590. The van der Waals surface area contributed by atoms with Gasteiger partial charge in [0.15, 0.2) is 0 Å². The van der Waals surface area contributed by atoms with Crippen LogP contribution < -0.4 is 5.56 Å². The summed E-state index contributed by atoms with van der Waals surface area (Å²) < 4.78 is 15.3. The molecule has 1 aromatic heterocycles. The standard InChI is InChI=1S/C22H15FN2O2/c23-17-9-3-1-7-15(17)13-14-21-24-18-10-4-2-8-16(18)22(27)25(21)19-11-5-6-12-20(19)26/h1-14,26H. The first-order chi connectivity index (χ1) is 13.1. The fraction of sp³-hybridized carbons (Fsp3) is 0. The van der Waals surface area contributed by atoms with Crippen molar-refractivity contribution >= 4 is 23.1 Å². The fourth-order valence-corrected chi connectivity index (χ4v) is 2.92. The lowest BCUT2D eigenvalue weighted by molar-refractivity contribution is 0.471. The molecule has 0 saturated carbocycles. The van der Waals surface area contributed by atoms with Gasteiger partial charge in [-0.3, -0.25) is 9.36 Å². The van der Waals surface area contributed by atoms with Gasteiger partial charge in [0.25, 0.3) is 5.56 Å². The zero-order valence-electron chi connectivity index (χ0n) is 14.2. The fourth-order valence-electron chi connectivity index (χ4n) is 2.92. The molecule has 0 atom stereocenters. The molecule has 0 aliphatic heterocycles. The van der Waals surface area contributed by atoms with Gasteiger partial charge in [-0.2, -0.15) is 0 Å². The Morgan fingerprint density at radius 1 is 0.889 bits per heavy atom. The first kappa shape index (κ1) is 16.7. The molecule has 5 heteroatoms. The molecule has 0 aliphatic carbocycles. The summed E-state index contributed by atoms with van der Waals surface area (Å²) in [6, 6.07) is 19.9. The van der Waals surface area contributed by atoms with Crippen molar-refractivity contribution in [1.29, 1.82) is 0 Å². The van der Waals surface area contributed by atoms with Crippen LogP contribution in [0, 0.1) is 5.82 Å². The van der Waals surface area contributed by atoms with Crippen molar-refractivity contribution in [3.8, 4) is 11.4 Å². The van der Waals surface area contributed by atoms with Crippen LogP contribution >= 0.6 is 0 Å². The van der Waals surface area contributed by atoms with Gasteiger partial charge in [0.1, 0.15) is 17.4 Å². The Kier molecular flexibility index (Phi) is 4.26. The Hall–Kier alpha value is -3.73. The average molecular weight is 358 g/mol. The van der Waals surface area contributed by atoms with Crippen molar-refractivity contribution in [2.24, 2.45) is 0 Å². The number of halogens is 1. The van der Waals surface area contributed by atoms with Crippen LogP contribution in [0.15, 0.2) is 77.6 Å². The first-order valence-corrected chi connectivity index (χ1v) is 8.38. The molecule has 0 fully saturated rings. The number of hydrogen-bond donors (Lipinski definition) is 1. The van der Waals surface area contributed by atoms with E-state index in [2.05, 4.69) is 4.98 Å². The van der Waals surface area contributed by atoms with Crippen molar-refractivity contribution in [3.05, 3.63) is 100 Å². The van der Waals surface area contributed by atoms with Gasteiger partial charge in [0.2, 0.25) is 0 Å². The van der Waals surface area contributed by atoms with Crippen LogP contribution in [-0.4, -0.2) is 14.7 Å². The molecule has 0 radical (unpaired) electrons. The minimum absolute atomic E-state index is 0.0442. The SMILES string of the molecule is O=c1c2ccccc2nc(C=Cc2ccccc2F)n1-c1ccccc1O. The summed E-state index contributed by atoms with van der Waals surface area (Å²) in [6.07, 6.45) is 3.13. The summed E-state index contributed by atoms with van der Waals surface area (Å²) in [7, 11) is 0. The highest BCUT2D eigenvalue weighted by Crippen LogP contribution is 2.22. The molecule has 4 aromatic rings. The number of phenols is 1. The van der Waals surface area contributed by atoms with E-state index in [1.807, 2.05) is 0 Å². The van der Waals surface area contributed by atoms with Crippen molar-refractivity contribution < 1.29 is 9.50 Å². The lowest BCUT2D eigenvalue weighted by Gasteiger charge is -2.12. The van der Waals surface area contributed by atoms with Crippen molar-refractivity contribution in [1.82, 2.24) is 9.55 Å². The number of aromatic hydroxyl groups is 1. The molecule has 1 N–H and O–H groups in total. The topological polar surface area (TPSA) is 55.1 Å². The predicted octanol–water partition coefficient (Wildman–Crippen LogP) is 4.40. The number of aromatic nitrogens is 2. The third-order valence-electron chi connectivity index (χ3n) is 4.24. The smallest absolute Gasteiger partial charge is 0.266 e. The molecule has 0 saturated heterocycles. The number of fused-ring (bicyclic) bond motifs is 1. The second kappa shape index (κ2) is 6.88. The third kappa shape index (κ3) is 3.11. The maximum atomic E-state index is 13.9. The number of para-hydroxylation sites is 3. The van der Waals surface area contributed by atoms with Crippen LogP contribution in [0.4, 0.5) is 4.39 Å². The van der Waals surface area contributed by atoms with Crippen LogP contribution in [0.3, 0.4) is 0 Å². The van der Waals surface area contributed by atoms with Gasteiger partial charge in [-0.1, -0.05) is 42.5 Å². The predicted molar refractivity (Wildman–Crippen MR) is 104 cm³/mol. The molecule has 4 nitrogen and oxygen atoms in total. The third-order valence-corrected chi connectivity index (χ3v) is 4.24. The highest BCUT2D eigenvalue weighted by atomic mass is 19.1. The molecular weight excluding hydrogens is 343 g/mol. The molecule has 132 valence electrons. The number of benzene rings is 3. The monoisotopic (exact) mass is 358 g/mol. The zero-order valence-corrected chi connectivity index (χ0v) is 14.2. The summed E-state index contributed by atoms with van der Waals surface area (Å²) in [5, 5.41) is 10.7. The molecule has 0 bridgehead atoms. The molecule has 0 aliphatic rings. The minimum atomic E-state index is -0.369. The van der Waals surface area contributed by atoms with Crippen LogP contribution in [0.1, 0.15) is 11.4 Å². The maximum Gasteiger partial charge on any atom is 0.266 e. The van der Waals surface area contributed by atoms with Crippen LogP contribution in [0.2, 0.25) is 0 Å². The lowest BCUT2D eigenvalue weighted by atomic mass is 10.2. The lowest BCUT2D eigenvalue weighted by Crippen LogP contribution is -2.22. The maximum absolute atomic E-state index is 13.9. The Bertz CT molecular complexity index is 1230. The highest BCUT2D eigenvalue weighted by molar-refractivity contribution is 5.80. The number of nitrogens with zero attached hydrogens (tertiary/aromatic N) is 2. The first-order valence-electron chi connectivity index (χ1n) is 8.38. The second-order valence-electron chi connectivity index (χ2n) is 5.97. The summed E-state index contributed by atoms with van der Waals surface area (Å²) in [4.78, 5) is 17.6. The Morgan fingerprint density at radius 2 is 1.59 bits per heavy atom. The molecule has 1 heterocycles. The average Bonchev–Trinajstić information content (AvgIpc) is 2.68. The van der Waals surface area contributed by atoms with E-state index in [1.54, 1.807) is 72.8 Å². The van der Waals surface area contributed by atoms with Crippen molar-refractivity contribution in [2.75, 3.05) is 0 Å². The van der Waals surface area contributed by atoms with Crippen LogP contribution in [0.25, 0.3) is 28.7 Å². The summed E-state index contributed by atoms with van der Waals surface area (Å²) >= 11 is 0. The molecule has 0 unspecified atom stereocenters. The largest absolute Gasteiger partial charge is 0.506 e. The number of phenolic OH excluding ortho intramolecular Hbond substituents is 1.